The Balaban J connectivity index is 1.42. The van der Waals surface area contributed by atoms with Gasteiger partial charge in [-0.15, -0.1) is 0 Å². The van der Waals surface area contributed by atoms with Gasteiger partial charge in [0.2, 0.25) is 0 Å². The third-order valence-corrected chi connectivity index (χ3v) is 6.71. The van der Waals surface area contributed by atoms with Crippen molar-refractivity contribution in [3.05, 3.63) is 82.9 Å². The first-order valence-electron chi connectivity index (χ1n) is 12.2. The van der Waals surface area contributed by atoms with Gasteiger partial charge >= 0.3 is 6.01 Å². The molecule has 1 N–H and O–H groups in total. The second-order valence-electron chi connectivity index (χ2n) is 9.51. The number of nitrogens with one attached hydrogen (secondary N) is 1. The topological polar surface area (TPSA) is 74.3 Å². The molecule has 1 aliphatic heterocycles. The Morgan fingerprint density at radius 1 is 1.00 bits per heavy atom. The normalized spacial score (nSPS) is 15.0. The van der Waals surface area contributed by atoms with Crippen LogP contribution in [0.4, 0.5) is 11.4 Å². The molecule has 3 heterocycles. The van der Waals surface area contributed by atoms with E-state index in [-0.39, 0.29) is 11.6 Å². The number of aromatic amines is 1. The molecule has 0 radical (unpaired) electrons. The molecule has 0 aliphatic carbocycles. The van der Waals surface area contributed by atoms with Crippen LogP contribution in [-0.4, -0.2) is 46.0 Å². The van der Waals surface area contributed by atoms with Gasteiger partial charge in [-0.05, 0) is 86.9 Å². The van der Waals surface area contributed by atoms with Crippen molar-refractivity contribution in [2.75, 3.05) is 25.0 Å². The zero-order chi connectivity index (χ0) is 24.4. The molecular weight excluding hydrogens is 438 g/mol. The van der Waals surface area contributed by atoms with Gasteiger partial charge in [-0.25, -0.2) is 0 Å². The predicted molar refractivity (Wildman–Crippen MR) is 140 cm³/mol. The SMILES string of the molecule is CC(C)c1ccc(N(c2ccc(Oc3nc4cnccc4c(=O)[nH]3)cc2)C2CCN(C)CC2)cc1. The molecule has 7 heteroatoms. The van der Waals surface area contributed by atoms with Gasteiger partial charge in [0, 0.05) is 23.6 Å². The first kappa shape index (κ1) is 23.1. The Morgan fingerprint density at radius 2 is 1.66 bits per heavy atom. The third-order valence-electron chi connectivity index (χ3n) is 6.71. The van der Waals surface area contributed by atoms with Crippen LogP contribution in [0.2, 0.25) is 0 Å². The Morgan fingerprint density at radius 3 is 2.31 bits per heavy atom. The highest BCUT2D eigenvalue weighted by Crippen LogP contribution is 2.34. The lowest BCUT2D eigenvalue weighted by molar-refractivity contribution is 0.255. The van der Waals surface area contributed by atoms with Gasteiger partial charge in [0.1, 0.15) is 5.75 Å². The van der Waals surface area contributed by atoms with Crippen molar-refractivity contribution in [2.45, 2.75) is 38.6 Å². The molecule has 0 spiro atoms. The Labute approximate surface area is 205 Å². The Hall–Kier alpha value is -3.71. The van der Waals surface area contributed by atoms with Crippen LogP contribution in [0.5, 0.6) is 11.8 Å². The molecule has 1 saturated heterocycles. The lowest BCUT2D eigenvalue weighted by Gasteiger charge is -2.39. The van der Waals surface area contributed by atoms with Gasteiger partial charge in [-0.2, -0.15) is 4.98 Å². The second-order valence-corrected chi connectivity index (χ2v) is 9.51. The van der Waals surface area contributed by atoms with E-state index in [1.165, 1.54) is 11.3 Å². The maximum absolute atomic E-state index is 12.3. The van der Waals surface area contributed by atoms with E-state index in [1.807, 2.05) is 12.1 Å². The molecule has 0 amide bonds. The van der Waals surface area contributed by atoms with Crippen LogP contribution in [0.1, 0.15) is 38.2 Å². The van der Waals surface area contributed by atoms with Crippen LogP contribution < -0.4 is 15.2 Å². The summed E-state index contributed by atoms with van der Waals surface area (Å²) in [5.41, 5.74) is 3.91. The molecule has 5 rings (SSSR count). The number of aromatic nitrogens is 3. The number of hydrogen-bond donors (Lipinski definition) is 1. The van der Waals surface area contributed by atoms with Gasteiger partial charge in [0.15, 0.2) is 0 Å². The number of fused-ring (bicyclic) bond motifs is 1. The zero-order valence-electron chi connectivity index (χ0n) is 20.4. The van der Waals surface area contributed by atoms with Crippen LogP contribution in [0, 0.1) is 0 Å². The summed E-state index contributed by atoms with van der Waals surface area (Å²) in [6, 6.07) is 19.1. The fourth-order valence-corrected chi connectivity index (χ4v) is 4.65. The molecular formula is C28H31N5O2. The van der Waals surface area contributed by atoms with E-state index in [0.29, 0.717) is 28.6 Å². The summed E-state index contributed by atoms with van der Waals surface area (Å²) in [5.74, 6) is 1.11. The first-order chi connectivity index (χ1) is 17.0. The molecule has 4 aromatic rings. The van der Waals surface area contributed by atoms with E-state index >= 15 is 0 Å². The highest BCUT2D eigenvalue weighted by Gasteiger charge is 2.25. The van der Waals surface area contributed by atoms with Crippen LogP contribution in [-0.2, 0) is 0 Å². The average Bonchev–Trinajstić information content (AvgIpc) is 2.87. The largest absolute Gasteiger partial charge is 0.426 e. The summed E-state index contributed by atoms with van der Waals surface area (Å²) in [7, 11) is 2.19. The van der Waals surface area contributed by atoms with E-state index in [1.54, 1.807) is 18.5 Å². The number of benzene rings is 2. The number of hydrogen-bond acceptors (Lipinski definition) is 6. The molecule has 1 aliphatic rings. The van der Waals surface area contributed by atoms with Gasteiger partial charge in [-0.3, -0.25) is 14.8 Å². The molecule has 0 unspecified atom stereocenters. The predicted octanol–water partition coefficient (Wildman–Crippen LogP) is 5.47. The highest BCUT2D eigenvalue weighted by atomic mass is 16.5. The van der Waals surface area contributed by atoms with E-state index < -0.39 is 0 Å². The van der Waals surface area contributed by atoms with E-state index in [4.69, 9.17) is 4.74 Å². The lowest BCUT2D eigenvalue weighted by atomic mass is 9.99. The fourth-order valence-electron chi connectivity index (χ4n) is 4.65. The van der Waals surface area contributed by atoms with Gasteiger partial charge in [-0.1, -0.05) is 26.0 Å². The summed E-state index contributed by atoms with van der Waals surface area (Å²) in [4.78, 5) is 28.3. The summed E-state index contributed by atoms with van der Waals surface area (Å²) < 4.78 is 5.89. The van der Waals surface area contributed by atoms with E-state index in [2.05, 4.69) is 82.0 Å². The molecule has 0 atom stereocenters. The number of rotatable bonds is 6. The number of nitrogens with zero attached hydrogens (tertiary/aromatic N) is 4. The monoisotopic (exact) mass is 469 g/mol. The van der Waals surface area contributed by atoms with Crippen molar-refractivity contribution in [3.8, 4) is 11.8 Å². The standard InChI is InChI=1S/C28H31N5O2/c1-19(2)20-4-6-21(7-5-20)33(23-13-16-32(3)17-14-23)22-8-10-24(11-9-22)35-28-30-26-18-29-15-12-25(26)27(34)31-28/h4-12,15,18-19,23H,13-14,16-17H2,1-3H3,(H,30,31,34). The number of ether oxygens (including phenoxy) is 1. The summed E-state index contributed by atoms with van der Waals surface area (Å²) in [6.07, 6.45) is 5.35. The van der Waals surface area contributed by atoms with Crippen LogP contribution in [0.15, 0.2) is 71.8 Å². The van der Waals surface area contributed by atoms with Crippen LogP contribution >= 0.6 is 0 Å². The van der Waals surface area contributed by atoms with Crippen molar-refractivity contribution < 1.29 is 4.74 Å². The quantitative estimate of drug-likeness (QED) is 0.404. The summed E-state index contributed by atoms with van der Waals surface area (Å²) >= 11 is 0. The maximum atomic E-state index is 12.3. The third kappa shape index (κ3) is 5.05. The molecule has 0 bridgehead atoms. The Kier molecular flexibility index (Phi) is 6.51. The van der Waals surface area contributed by atoms with Crippen molar-refractivity contribution >= 4 is 22.3 Å². The number of H-pyrrole nitrogens is 1. The minimum absolute atomic E-state index is 0.152. The van der Waals surface area contributed by atoms with Crippen LogP contribution in [0.25, 0.3) is 10.9 Å². The average molecular weight is 470 g/mol. The molecule has 1 fully saturated rings. The number of pyridine rings is 1. The van der Waals surface area contributed by atoms with Gasteiger partial charge in [0.05, 0.1) is 17.1 Å². The van der Waals surface area contributed by atoms with Crippen molar-refractivity contribution in [1.82, 2.24) is 19.9 Å². The van der Waals surface area contributed by atoms with Gasteiger partial charge in [0.25, 0.3) is 5.56 Å². The maximum Gasteiger partial charge on any atom is 0.302 e. The van der Waals surface area contributed by atoms with Crippen molar-refractivity contribution in [2.24, 2.45) is 0 Å². The number of piperidine rings is 1. The first-order valence-corrected chi connectivity index (χ1v) is 12.2. The van der Waals surface area contributed by atoms with Crippen molar-refractivity contribution in [3.63, 3.8) is 0 Å². The van der Waals surface area contributed by atoms with Crippen molar-refractivity contribution in [1.29, 1.82) is 0 Å². The van der Waals surface area contributed by atoms with E-state index in [0.717, 1.165) is 31.6 Å². The molecule has 35 heavy (non-hydrogen) atoms. The second kappa shape index (κ2) is 9.88. The molecule has 2 aromatic heterocycles. The summed E-state index contributed by atoms with van der Waals surface area (Å²) in [6.45, 7) is 6.61. The Bertz CT molecular complexity index is 1340. The lowest BCUT2D eigenvalue weighted by Crippen LogP contribution is -2.41. The minimum Gasteiger partial charge on any atom is -0.426 e. The van der Waals surface area contributed by atoms with Crippen LogP contribution in [0.3, 0.4) is 0 Å². The zero-order valence-corrected chi connectivity index (χ0v) is 20.4. The smallest absolute Gasteiger partial charge is 0.302 e. The summed E-state index contributed by atoms with van der Waals surface area (Å²) in [5, 5.41) is 0.486. The highest BCUT2D eigenvalue weighted by molar-refractivity contribution is 5.76. The molecule has 7 nitrogen and oxygen atoms in total. The number of anilines is 2. The molecule has 2 aromatic carbocycles. The van der Waals surface area contributed by atoms with Gasteiger partial charge < -0.3 is 14.5 Å². The molecule has 180 valence electrons. The molecule has 0 saturated carbocycles. The number of likely N-dealkylation sites (tertiary alicyclic amines) is 1. The minimum atomic E-state index is -0.248. The van der Waals surface area contributed by atoms with E-state index in [9.17, 15) is 4.79 Å². The fraction of sp³-hybridized carbons (Fsp3) is 0.321.